The highest BCUT2D eigenvalue weighted by Gasteiger charge is 2.19. The van der Waals surface area contributed by atoms with E-state index in [1.165, 1.54) is 0 Å². The smallest absolute Gasteiger partial charge is 0.139 e. The van der Waals surface area contributed by atoms with Gasteiger partial charge in [-0.1, -0.05) is 51.3 Å². The van der Waals surface area contributed by atoms with Crippen molar-refractivity contribution in [3.8, 4) is 5.75 Å². The lowest BCUT2D eigenvalue weighted by Crippen LogP contribution is -2.29. The van der Waals surface area contributed by atoms with E-state index < -0.39 is 0 Å². The van der Waals surface area contributed by atoms with Gasteiger partial charge in [-0.3, -0.25) is 0 Å². The molecule has 2 aromatic carbocycles. The summed E-state index contributed by atoms with van der Waals surface area (Å²) in [7, 11) is 0. The van der Waals surface area contributed by atoms with Gasteiger partial charge in [-0.25, -0.2) is 0 Å². The number of hydrogen-bond acceptors (Lipinski definition) is 2. The van der Waals surface area contributed by atoms with Gasteiger partial charge in [0.25, 0.3) is 0 Å². The monoisotopic (exact) mass is 373 g/mol. The maximum Gasteiger partial charge on any atom is 0.139 e. The van der Waals surface area contributed by atoms with Crippen LogP contribution in [0.3, 0.4) is 0 Å². The van der Waals surface area contributed by atoms with Gasteiger partial charge in [-0.2, -0.15) is 0 Å². The van der Waals surface area contributed by atoms with Gasteiger partial charge in [0.05, 0.1) is 5.02 Å². The molecular formula is C15H14BrCl2NO. The van der Waals surface area contributed by atoms with Gasteiger partial charge < -0.3 is 10.5 Å². The van der Waals surface area contributed by atoms with Gasteiger partial charge in [0.2, 0.25) is 0 Å². The van der Waals surface area contributed by atoms with Crippen molar-refractivity contribution < 1.29 is 4.74 Å². The van der Waals surface area contributed by atoms with E-state index in [4.69, 9.17) is 33.7 Å². The van der Waals surface area contributed by atoms with E-state index >= 15 is 0 Å². The topological polar surface area (TPSA) is 35.2 Å². The quantitative estimate of drug-likeness (QED) is 0.795. The first kappa shape index (κ1) is 15.6. The third kappa shape index (κ3) is 3.89. The highest BCUT2D eigenvalue weighted by Crippen LogP contribution is 2.32. The summed E-state index contributed by atoms with van der Waals surface area (Å²) in [6.45, 7) is 1.90. The zero-order chi connectivity index (χ0) is 14.7. The predicted molar refractivity (Wildman–Crippen MR) is 87.6 cm³/mol. The molecule has 0 bridgehead atoms. The zero-order valence-corrected chi connectivity index (χ0v) is 13.9. The minimum atomic E-state index is -0.286. The van der Waals surface area contributed by atoms with Crippen molar-refractivity contribution in [1.29, 1.82) is 0 Å². The molecule has 0 spiro atoms. The van der Waals surface area contributed by atoms with Crippen LogP contribution in [0.2, 0.25) is 10.0 Å². The number of hydrogen-bond donors (Lipinski definition) is 1. The Morgan fingerprint density at radius 1 is 1.15 bits per heavy atom. The van der Waals surface area contributed by atoms with Crippen molar-refractivity contribution >= 4 is 39.1 Å². The van der Waals surface area contributed by atoms with Crippen LogP contribution in [0.15, 0.2) is 46.9 Å². The summed E-state index contributed by atoms with van der Waals surface area (Å²) in [6.07, 6.45) is -0.286. The molecule has 2 atom stereocenters. The molecule has 2 nitrogen and oxygen atoms in total. The molecule has 0 saturated carbocycles. The van der Waals surface area contributed by atoms with Gasteiger partial charge >= 0.3 is 0 Å². The Bertz CT molecular complexity index is 604. The number of nitrogens with two attached hydrogens (primary N) is 1. The van der Waals surface area contributed by atoms with E-state index in [0.29, 0.717) is 15.8 Å². The summed E-state index contributed by atoms with van der Waals surface area (Å²) in [6, 6.07) is 12.8. The fraction of sp³-hybridized carbons (Fsp3) is 0.200. The Balaban J connectivity index is 2.30. The van der Waals surface area contributed by atoms with Gasteiger partial charge in [0.15, 0.2) is 0 Å². The normalized spacial score (nSPS) is 13.8. The van der Waals surface area contributed by atoms with Crippen LogP contribution >= 0.6 is 39.1 Å². The third-order valence-electron chi connectivity index (χ3n) is 2.80. The summed E-state index contributed by atoms with van der Waals surface area (Å²) in [4.78, 5) is 0. The molecule has 0 aliphatic carbocycles. The molecular weight excluding hydrogens is 361 g/mol. The van der Waals surface area contributed by atoms with Crippen LogP contribution in [0.25, 0.3) is 0 Å². The van der Waals surface area contributed by atoms with Crippen molar-refractivity contribution in [3.63, 3.8) is 0 Å². The molecule has 106 valence electrons. The number of benzene rings is 2. The minimum Gasteiger partial charge on any atom is -0.483 e. The fourth-order valence-corrected chi connectivity index (χ4v) is 2.74. The molecule has 0 amide bonds. The summed E-state index contributed by atoms with van der Waals surface area (Å²) in [5.41, 5.74) is 7.02. The van der Waals surface area contributed by atoms with Crippen LogP contribution in [0.5, 0.6) is 5.75 Å². The lowest BCUT2D eigenvalue weighted by Gasteiger charge is -2.23. The maximum absolute atomic E-state index is 6.14. The molecule has 0 saturated heterocycles. The highest BCUT2D eigenvalue weighted by molar-refractivity contribution is 9.10. The van der Waals surface area contributed by atoms with Gasteiger partial charge in [0.1, 0.15) is 11.9 Å². The van der Waals surface area contributed by atoms with Crippen molar-refractivity contribution in [1.82, 2.24) is 0 Å². The maximum atomic E-state index is 6.14. The van der Waals surface area contributed by atoms with Gasteiger partial charge in [-0.05, 0) is 42.8 Å². The van der Waals surface area contributed by atoms with E-state index in [2.05, 4.69) is 15.9 Å². The van der Waals surface area contributed by atoms with Crippen molar-refractivity contribution in [2.24, 2.45) is 5.73 Å². The molecule has 5 heteroatoms. The second-order valence-electron chi connectivity index (χ2n) is 4.53. The van der Waals surface area contributed by atoms with Crippen molar-refractivity contribution in [2.45, 2.75) is 19.1 Å². The first-order valence-electron chi connectivity index (χ1n) is 6.10. The predicted octanol–water partition coefficient (Wildman–Crippen LogP) is 5.22. The van der Waals surface area contributed by atoms with E-state index in [1.54, 1.807) is 18.2 Å². The van der Waals surface area contributed by atoms with E-state index in [9.17, 15) is 0 Å². The summed E-state index contributed by atoms with van der Waals surface area (Å²) < 4.78 is 6.94. The Kier molecular flexibility index (Phi) is 5.33. The highest BCUT2D eigenvalue weighted by atomic mass is 79.9. The average Bonchev–Trinajstić information content (AvgIpc) is 2.37. The minimum absolute atomic E-state index is 0.184. The Morgan fingerprint density at radius 2 is 1.90 bits per heavy atom. The first-order chi connectivity index (χ1) is 9.47. The van der Waals surface area contributed by atoms with Crippen LogP contribution < -0.4 is 10.5 Å². The largest absolute Gasteiger partial charge is 0.483 e. The molecule has 20 heavy (non-hydrogen) atoms. The molecule has 0 aliphatic heterocycles. The van der Waals surface area contributed by atoms with Crippen LogP contribution in [-0.4, -0.2) is 6.04 Å². The van der Waals surface area contributed by atoms with Crippen molar-refractivity contribution in [3.05, 3.63) is 62.5 Å². The summed E-state index contributed by atoms with van der Waals surface area (Å²) in [5, 5.41) is 1.04. The Morgan fingerprint density at radius 3 is 2.50 bits per heavy atom. The molecule has 0 heterocycles. The van der Waals surface area contributed by atoms with Gasteiger partial charge in [-0.15, -0.1) is 0 Å². The van der Waals surface area contributed by atoms with Crippen molar-refractivity contribution in [2.75, 3.05) is 0 Å². The molecule has 0 radical (unpaired) electrons. The Hall–Kier alpha value is -0.740. The van der Waals surface area contributed by atoms with Crippen LogP contribution in [0.4, 0.5) is 0 Å². The lowest BCUT2D eigenvalue weighted by atomic mass is 10.0. The second kappa shape index (κ2) is 6.81. The van der Waals surface area contributed by atoms with Gasteiger partial charge in [0, 0.05) is 15.5 Å². The summed E-state index contributed by atoms with van der Waals surface area (Å²) >= 11 is 15.5. The molecule has 0 aromatic heterocycles. The molecule has 0 fully saturated rings. The molecule has 2 aromatic rings. The second-order valence-corrected chi connectivity index (χ2v) is 6.29. The molecule has 0 aliphatic rings. The number of rotatable bonds is 4. The average molecular weight is 375 g/mol. The SMILES string of the molecule is CC(N)C(Oc1ccc(Cl)cc1Cl)c1cccc(Br)c1. The van der Waals surface area contributed by atoms with E-state index in [-0.39, 0.29) is 12.1 Å². The van der Waals surface area contributed by atoms with Crippen LogP contribution in [-0.2, 0) is 0 Å². The van der Waals surface area contributed by atoms with Crippen LogP contribution in [0.1, 0.15) is 18.6 Å². The summed E-state index contributed by atoms with van der Waals surface area (Å²) in [5.74, 6) is 0.568. The Labute approximate surface area is 137 Å². The number of ether oxygens (including phenoxy) is 1. The number of halogens is 3. The van der Waals surface area contributed by atoms with Crippen LogP contribution in [0, 0.1) is 0 Å². The third-order valence-corrected chi connectivity index (χ3v) is 3.83. The standard InChI is InChI=1S/C15H14BrCl2NO/c1-9(19)15(10-3-2-4-11(16)7-10)20-14-6-5-12(17)8-13(14)18/h2-9,15H,19H2,1H3. The first-order valence-corrected chi connectivity index (χ1v) is 7.65. The molecule has 2 N–H and O–H groups in total. The molecule has 2 unspecified atom stereocenters. The van der Waals surface area contributed by atoms with E-state index in [0.717, 1.165) is 10.0 Å². The fourth-order valence-electron chi connectivity index (χ4n) is 1.87. The lowest BCUT2D eigenvalue weighted by molar-refractivity contribution is 0.180. The zero-order valence-electron chi connectivity index (χ0n) is 10.8. The molecule has 2 rings (SSSR count). The van der Waals surface area contributed by atoms with E-state index in [1.807, 2.05) is 31.2 Å².